The molecule has 11 rings (SSSR count). The number of benzene rings is 9. The summed E-state index contributed by atoms with van der Waals surface area (Å²) >= 11 is 13.4. The van der Waals surface area contributed by atoms with Crippen LogP contribution in [0.5, 0.6) is 17.2 Å². The van der Waals surface area contributed by atoms with E-state index in [1.807, 2.05) is 174 Å². The van der Waals surface area contributed by atoms with Gasteiger partial charge in [0.1, 0.15) is 79.4 Å². The fourth-order valence-electron chi connectivity index (χ4n) is 14.9. The second-order valence-corrected chi connectivity index (χ2v) is 41.2. The van der Waals surface area contributed by atoms with Crippen LogP contribution in [0.25, 0.3) is 44.4 Å². The van der Waals surface area contributed by atoms with E-state index < -0.39 is 23.4 Å². The Morgan fingerprint density at radius 2 is 1.04 bits per heavy atom. The van der Waals surface area contributed by atoms with Gasteiger partial charge in [0.2, 0.25) is 5.91 Å². The number of esters is 4. The summed E-state index contributed by atoms with van der Waals surface area (Å²) in [5.41, 5.74) is 7.90. The van der Waals surface area contributed by atoms with Gasteiger partial charge in [-0.3, -0.25) is 38.4 Å². The van der Waals surface area contributed by atoms with Gasteiger partial charge in [0, 0.05) is 183 Å². The molecule has 774 valence electrons. The number of fused-ring (bicyclic) bond motifs is 3. The molecular formula is C112H134N6O21S6. The van der Waals surface area contributed by atoms with Crippen molar-refractivity contribution in [2.24, 2.45) is 5.92 Å². The zero-order valence-corrected chi connectivity index (χ0v) is 88.5. The highest BCUT2D eigenvalue weighted by Gasteiger charge is 2.28. The van der Waals surface area contributed by atoms with Gasteiger partial charge < -0.3 is 83.7 Å². The lowest BCUT2D eigenvalue weighted by atomic mass is 9.90. The number of nitrogens with zero attached hydrogens (tertiary/aromatic N) is 1. The number of carboxylic acid groups (broad SMARTS) is 1. The van der Waals surface area contributed by atoms with Crippen LogP contribution in [0.15, 0.2) is 249 Å². The largest absolute Gasteiger partial charge is 0.508 e. The van der Waals surface area contributed by atoms with Gasteiger partial charge in [-0.25, -0.2) is 9.59 Å². The number of hydrogen-bond donors (Lipinski definition) is 7. The van der Waals surface area contributed by atoms with Gasteiger partial charge in [-0.15, -0.1) is 0 Å². The highest BCUT2D eigenvalue weighted by atomic mass is 32.2. The minimum Gasteiger partial charge on any atom is -0.508 e. The third kappa shape index (κ3) is 43.1. The van der Waals surface area contributed by atoms with Crippen LogP contribution in [-0.2, 0) is 73.3 Å². The lowest BCUT2D eigenvalue weighted by Crippen LogP contribution is -2.33. The van der Waals surface area contributed by atoms with E-state index in [9.17, 15) is 58.2 Å². The summed E-state index contributed by atoms with van der Waals surface area (Å²) in [7, 11) is 0. The Kier molecular flexibility index (Phi) is 51.8. The van der Waals surface area contributed by atoms with Crippen LogP contribution in [0.4, 0.5) is 11.4 Å². The van der Waals surface area contributed by atoms with Crippen molar-refractivity contribution in [2.45, 2.75) is 142 Å². The van der Waals surface area contributed by atoms with Gasteiger partial charge in [0.25, 0.3) is 5.91 Å². The van der Waals surface area contributed by atoms with E-state index in [4.69, 9.17) is 54.2 Å². The molecule has 1 aliphatic heterocycles. The number of hydrogen-bond acceptors (Lipinski definition) is 28. The Morgan fingerprint density at radius 3 is 1.56 bits per heavy atom. The zero-order chi connectivity index (χ0) is 104. The topological polar surface area (TPSA) is 365 Å². The van der Waals surface area contributed by atoms with Gasteiger partial charge in [-0.2, -0.15) is 58.8 Å². The lowest BCUT2D eigenvalue weighted by Gasteiger charge is -2.21. The lowest BCUT2D eigenvalue weighted by molar-refractivity contribution is -0.143. The monoisotopic (exact) mass is 2090 g/mol. The number of aromatic hydroxyl groups is 1. The van der Waals surface area contributed by atoms with Crippen molar-refractivity contribution >= 4 is 157 Å². The van der Waals surface area contributed by atoms with Gasteiger partial charge in [-0.05, 0) is 187 Å². The Bertz CT molecular complexity index is 5880. The molecule has 33 heteroatoms. The third-order valence-corrected chi connectivity index (χ3v) is 28.1. The number of amides is 2. The maximum Gasteiger partial charge on any atom is 0.349 e. The first kappa shape index (κ1) is 116. The summed E-state index contributed by atoms with van der Waals surface area (Å²) in [6.45, 7) is 25.3. The summed E-state index contributed by atoms with van der Waals surface area (Å²) < 4.78 is 52.5. The van der Waals surface area contributed by atoms with Crippen molar-refractivity contribution in [2.75, 3.05) is 135 Å². The summed E-state index contributed by atoms with van der Waals surface area (Å²) in [5, 5.41) is 36.5. The van der Waals surface area contributed by atoms with Crippen molar-refractivity contribution < 1.29 is 90.6 Å². The molecule has 0 saturated carbocycles. The summed E-state index contributed by atoms with van der Waals surface area (Å²) in [6.07, 6.45) is 4.60. The van der Waals surface area contributed by atoms with Crippen LogP contribution in [0, 0.1) is 5.92 Å². The zero-order valence-electron chi connectivity index (χ0n) is 83.6. The molecular weight excluding hydrogens is 1960 g/mol. The molecule has 145 heavy (non-hydrogen) atoms. The number of ketones is 1. The van der Waals surface area contributed by atoms with E-state index >= 15 is 0 Å². The normalized spacial score (nSPS) is 11.6. The number of rotatable bonds is 60. The molecule has 3 atom stereocenters. The van der Waals surface area contributed by atoms with Crippen molar-refractivity contribution in [3.63, 3.8) is 0 Å². The molecule has 3 unspecified atom stereocenters. The number of anilines is 2. The number of Topliss-reactive ketones (excluding diaryl/α,β-unsaturated/α-hetero) is 1. The molecule has 7 N–H and O–H groups in total. The van der Waals surface area contributed by atoms with Crippen LogP contribution in [0.2, 0.25) is 0 Å². The number of ether oxygens (including phenoxy) is 7. The molecule has 0 bridgehead atoms. The minimum atomic E-state index is -1.12. The molecule has 0 fully saturated rings. The third-order valence-electron chi connectivity index (χ3n) is 21.9. The fraction of sp³-hybridized carbons (Fsp3) is 0.384. The van der Waals surface area contributed by atoms with Crippen LogP contribution in [-0.4, -0.2) is 210 Å². The fourth-order valence-corrected chi connectivity index (χ4v) is 20.2. The van der Waals surface area contributed by atoms with Crippen LogP contribution < -0.4 is 52.0 Å². The summed E-state index contributed by atoms with van der Waals surface area (Å²) in [5.74, 6) is 2.27. The van der Waals surface area contributed by atoms with E-state index in [-0.39, 0.29) is 152 Å². The number of phenols is 1. The first-order chi connectivity index (χ1) is 70.1. The van der Waals surface area contributed by atoms with Crippen molar-refractivity contribution in [1.29, 1.82) is 0 Å². The molecule has 1 aromatic heterocycles. The highest BCUT2D eigenvalue weighted by molar-refractivity contribution is 8.03. The number of phenolic OH excluding ortho intramolecular Hbond substituents is 1. The number of thioether (sulfide) groups is 5. The molecule has 0 radical (unpaired) electrons. The van der Waals surface area contributed by atoms with Gasteiger partial charge in [0.15, 0.2) is 16.3 Å². The SMILES string of the molecule is C=C(C)NCCCCC(CC(=O)c1cc(OCC(CSCCOC(=O)Cc2ccccc2)SCCOC(=O)Cc2ccccc2)cc(OCC(CSCCOC(=O)Cc2ccccc2)SCCOC(=O)Cc2ccccc2)c1)C(=O)NCCSCCCOCCC.CC(C)NC(=S)Nc1ccc(-c2c3ccc(=O)cc-3oc3cc(O)ccc23)c(C(=O)O)c1.CCN(CC)c1ccc2cc(C(=O)NC(C)C)c(=O)oc2c1. The average molecular weight is 2090 g/mol. The molecule has 2 amide bonds. The maximum absolute atomic E-state index is 14.7. The number of aromatic carboxylic acids is 1. The highest BCUT2D eigenvalue weighted by Crippen LogP contribution is 2.43. The van der Waals surface area contributed by atoms with E-state index in [0.717, 1.165) is 89.5 Å². The molecule has 0 spiro atoms. The molecule has 2 aliphatic rings. The molecule has 27 nitrogen and oxygen atoms in total. The van der Waals surface area contributed by atoms with E-state index in [1.54, 1.807) is 107 Å². The Balaban J connectivity index is 0.000000345. The van der Waals surface area contributed by atoms with Crippen LogP contribution in [0.1, 0.15) is 147 Å². The summed E-state index contributed by atoms with van der Waals surface area (Å²) in [4.78, 5) is 130. The van der Waals surface area contributed by atoms with Crippen LogP contribution >= 0.6 is 71.0 Å². The second kappa shape index (κ2) is 64.6. The quantitative estimate of drug-likeness (QED) is 0.00354. The first-order valence-corrected chi connectivity index (χ1v) is 54.8. The number of thiocarbonyl (C=S) groups is 1. The smallest absolute Gasteiger partial charge is 0.349 e. The van der Waals surface area contributed by atoms with Gasteiger partial charge in [-0.1, -0.05) is 147 Å². The number of carboxylic acids is 1. The molecule has 2 heterocycles. The molecule has 1 aliphatic carbocycles. The summed E-state index contributed by atoms with van der Waals surface area (Å²) in [6, 6.07) is 64.2. The molecule has 0 saturated heterocycles. The predicted molar refractivity (Wildman–Crippen MR) is 590 cm³/mol. The average Bonchev–Trinajstić information content (AvgIpc) is 0.740. The molecule has 9 aromatic rings. The number of carbonyl (C=O) groups is 8. The standard InChI is InChI=1S/C71H92N2O13S5.C24H20N2O5S.C17H22N2O3/c1-4-31-80-32-19-37-87-38-30-73-71(79)60(28-17-18-29-72-55(2)3)49-66(74)61-47-62(85-51-64(90-41-35-83-69(77)45-58-24-13-7-14-25-58)53-88-39-33-81-67(75)43-56-20-9-5-10-21-56)50-63(48-61)86-52-65(91-42-36-84-70(78)46-59-26-15-8-16-27-59)54-89-40-34-82-68(76)44-57-22-11-6-12-23-57;1-12(2)25-24(32)26-13-3-6-16(19(9-13)23(29)30)22-17-7-4-14(27)10-20(17)31-21-11-15(28)5-8-18(21)22;1-5-19(6-2)13-8-7-12-9-14(16(20)18-11(3)4)17(21)22-15(12)10-13/h5-16,20-27,47-48,50,60,64-65,72H,2,4,17-19,28-46,49,51-54H2,1,3H3,(H,73,79);3-12,27H,1-2H3,(H,29,30)(H2,25,26,32);7-11H,5-6H2,1-4H3,(H,18,20). The van der Waals surface area contributed by atoms with E-state index in [2.05, 4.69) is 58.8 Å². The van der Waals surface area contributed by atoms with Crippen molar-refractivity contribution in [3.05, 3.63) is 290 Å². The maximum atomic E-state index is 14.7. The van der Waals surface area contributed by atoms with Crippen molar-refractivity contribution in [1.82, 2.24) is 21.3 Å². The number of allylic oxidation sites excluding steroid dienone is 1. The Labute approximate surface area is 875 Å². The van der Waals surface area contributed by atoms with E-state index in [0.29, 0.717) is 134 Å². The van der Waals surface area contributed by atoms with Crippen molar-refractivity contribution in [3.8, 4) is 39.7 Å². The Morgan fingerprint density at radius 1 is 0.503 bits per heavy atom. The van der Waals surface area contributed by atoms with Gasteiger partial charge in [0.05, 0.1) is 31.2 Å². The first-order valence-electron chi connectivity index (χ1n) is 48.8. The number of nitrogens with one attached hydrogen (secondary N) is 5. The Hall–Kier alpha value is -12.2. The molecule has 8 aromatic carbocycles. The predicted octanol–water partition coefficient (Wildman–Crippen LogP) is 19.8. The number of carbonyl (C=O) groups excluding carboxylic acids is 7. The minimum absolute atomic E-state index is 0.00556. The van der Waals surface area contributed by atoms with Gasteiger partial charge >= 0.3 is 35.5 Å². The van der Waals surface area contributed by atoms with Crippen LogP contribution in [0.3, 0.4) is 0 Å². The number of unbranched alkanes of at least 4 members (excludes halogenated alkanes) is 1. The van der Waals surface area contributed by atoms with E-state index in [1.165, 1.54) is 30.3 Å². The second-order valence-electron chi connectivity index (χ2n) is 34.5.